The molecule has 0 aliphatic rings. The average Bonchev–Trinajstić information content (AvgIpc) is 2.67. The van der Waals surface area contributed by atoms with E-state index in [1.165, 1.54) is 6.42 Å². The van der Waals surface area contributed by atoms with E-state index in [1.807, 2.05) is 11.6 Å². The van der Waals surface area contributed by atoms with Crippen LogP contribution in [0.15, 0.2) is 11.6 Å². The molecule has 1 unspecified atom stereocenters. The van der Waals surface area contributed by atoms with Crippen molar-refractivity contribution in [3.8, 4) is 0 Å². The molecule has 0 radical (unpaired) electrons. The fourth-order valence-corrected chi connectivity index (χ4v) is 1.93. The van der Waals surface area contributed by atoms with E-state index in [2.05, 4.69) is 17.2 Å². The van der Waals surface area contributed by atoms with E-state index in [1.54, 1.807) is 18.4 Å². The van der Waals surface area contributed by atoms with Crippen LogP contribution in [0.5, 0.6) is 0 Å². The molecule has 80 valence electrons. The Morgan fingerprint density at radius 1 is 1.64 bits per heavy atom. The highest BCUT2D eigenvalue weighted by atomic mass is 32.1. The SMILES string of the molecule is CCCC(COC)NCc1nccs1. The number of hydrogen-bond acceptors (Lipinski definition) is 4. The van der Waals surface area contributed by atoms with Gasteiger partial charge in [0, 0.05) is 31.3 Å². The normalized spacial score (nSPS) is 13.0. The lowest BCUT2D eigenvalue weighted by molar-refractivity contribution is 0.161. The maximum atomic E-state index is 5.15. The first-order chi connectivity index (χ1) is 6.86. The summed E-state index contributed by atoms with van der Waals surface area (Å²) >= 11 is 1.69. The summed E-state index contributed by atoms with van der Waals surface area (Å²) in [6.07, 6.45) is 4.17. The summed E-state index contributed by atoms with van der Waals surface area (Å²) in [5.41, 5.74) is 0. The third-order valence-electron chi connectivity index (χ3n) is 2.03. The van der Waals surface area contributed by atoms with Crippen molar-refractivity contribution in [2.75, 3.05) is 13.7 Å². The van der Waals surface area contributed by atoms with E-state index in [-0.39, 0.29) is 0 Å². The minimum absolute atomic E-state index is 0.453. The van der Waals surface area contributed by atoms with Gasteiger partial charge in [0.05, 0.1) is 6.61 Å². The Labute approximate surface area is 89.5 Å². The number of ether oxygens (including phenoxy) is 1. The monoisotopic (exact) mass is 214 g/mol. The summed E-state index contributed by atoms with van der Waals surface area (Å²) in [6.45, 7) is 3.82. The van der Waals surface area contributed by atoms with Gasteiger partial charge in [-0.15, -0.1) is 11.3 Å². The lowest BCUT2D eigenvalue weighted by Crippen LogP contribution is -2.32. The van der Waals surface area contributed by atoms with Crippen LogP contribution in [0, 0.1) is 0 Å². The molecule has 0 fully saturated rings. The van der Waals surface area contributed by atoms with Crippen LogP contribution >= 0.6 is 11.3 Å². The molecule has 1 N–H and O–H groups in total. The molecule has 0 saturated heterocycles. The zero-order valence-corrected chi connectivity index (χ0v) is 9.64. The summed E-state index contributed by atoms with van der Waals surface area (Å²) in [5.74, 6) is 0. The molecule has 0 spiro atoms. The maximum absolute atomic E-state index is 5.15. The molecule has 1 aromatic rings. The first-order valence-electron chi connectivity index (χ1n) is 4.97. The molecule has 14 heavy (non-hydrogen) atoms. The van der Waals surface area contributed by atoms with Gasteiger partial charge < -0.3 is 10.1 Å². The number of rotatable bonds is 7. The summed E-state index contributed by atoms with van der Waals surface area (Å²) in [7, 11) is 1.74. The topological polar surface area (TPSA) is 34.1 Å². The van der Waals surface area contributed by atoms with Crippen molar-refractivity contribution in [1.82, 2.24) is 10.3 Å². The van der Waals surface area contributed by atoms with Gasteiger partial charge in [-0.3, -0.25) is 0 Å². The van der Waals surface area contributed by atoms with Crippen molar-refractivity contribution in [2.45, 2.75) is 32.4 Å². The highest BCUT2D eigenvalue weighted by Gasteiger charge is 2.06. The van der Waals surface area contributed by atoms with Crippen molar-refractivity contribution in [2.24, 2.45) is 0 Å². The fraction of sp³-hybridized carbons (Fsp3) is 0.700. The van der Waals surface area contributed by atoms with Crippen molar-refractivity contribution in [3.63, 3.8) is 0 Å². The first-order valence-corrected chi connectivity index (χ1v) is 5.85. The van der Waals surface area contributed by atoms with Gasteiger partial charge in [-0.1, -0.05) is 13.3 Å². The minimum Gasteiger partial charge on any atom is -0.383 e. The summed E-state index contributed by atoms with van der Waals surface area (Å²) < 4.78 is 5.15. The predicted molar refractivity (Wildman–Crippen MR) is 59.5 cm³/mol. The van der Waals surface area contributed by atoms with Crippen LogP contribution in [0.3, 0.4) is 0 Å². The molecule has 0 saturated carbocycles. The van der Waals surface area contributed by atoms with Crippen LogP contribution in [-0.2, 0) is 11.3 Å². The molecule has 0 aromatic carbocycles. The van der Waals surface area contributed by atoms with Crippen molar-refractivity contribution in [3.05, 3.63) is 16.6 Å². The number of nitrogens with one attached hydrogen (secondary N) is 1. The van der Waals surface area contributed by atoms with E-state index in [0.717, 1.165) is 24.6 Å². The van der Waals surface area contributed by atoms with E-state index in [9.17, 15) is 0 Å². The molecule has 1 atom stereocenters. The van der Waals surface area contributed by atoms with Gasteiger partial charge >= 0.3 is 0 Å². The third kappa shape index (κ3) is 4.17. The van der Waals surface area contributed by atoms with Gasteiger partial charge in [0.2, 0.25) is 0 Å². The second kappa shape index (κ2) is 6.92. The lowest BCUT2D eigenvalue weighted by atomic mass is 10.2. The zero-order chi connectivity index (χ0) is 10.2. The Bertz CT molecular complexity index is 220. The van der Waals surface area contributed by atoms with Crippen molar-refractivity contribution in [1.29, 1.82) is 0 Å². The van der Waals surface area contributed by atoms with E-state index >= 15 is 0 Å². The smallest absolute Gasteiger partial charge is 0.106 e. The first kappa shape index (κ1) is 11.6. The summed E-state index contributed by atoms with van der Waals surface area (Å²) in [4.78, 5) is 4.22. The molecule has 3 nitrogen and oxygen atoms in total. The molecular weight excluding hydrogens is 196 g/mol. The van der Waals surface area contributed by atoms with E-state index < -0.39 is 0 Å². The molecule has 0 aliphatic carbocycles. The van der Waals surface area contributed by atoms with Crippen LogP contribution in [0.1, 0.15) is 24.8 Å². The van der Waals surface area contributed by atoms with Gasteiger partial charge in [-0.25, -0.2) is 4.98 Å². The van der Waals surface area contributed by atoms with Gasteiger partial charge in [0.25, 0.3) is 0 Å². The summed E-state index contributed by atoms with van der Waals surface area (Å²) in [6, 6.07) is 0.453. The molecule has 1 rings (SSSR count). The largest absolute Gasteiger partial charge is 0.383 e. The highest BCUT2D eigenvalue weighted by Crippen LogP contribution is 2.05. The molecular formula is C10H18N2OS. The maximum Gasteiger partial charge on any atom is 0.106 e. The Balaban J connectivity index is 2.25. The molecule has 4 heteroatoms. The standard InChI is InChI=1S/C10H18N2OS/c1-3-4-9(8-13-2)12-7-10-11-5-6-14-10/h5-6,9,12H,3-4,7-8H2,1-2H3. The van der Waals surface area contributed by atoms with Crippen LogP contribution < -0.4 is 5.32 Å². The molecule has 0 bridgehead atoms. The van der Waals surface area contributed by atoms with Crippen LogP contribution in [0.25, 0.3) is 0 Å². The number of aromatic nitrogens is 1. The van der Waals surface area contributed by atoms with Crippen molar-refractivity contribution < 1.29 is 4.74 Å². The van der Waals surface area contributed by atoms with E-state index in [4.69, 9.17) is 4.74 Å². The number of hydrogen-bond donors (Lipinski definition) is 1. The molecule has 1 heterocycles. The van der Waals surface area contributed by atoms with Crippen LogP contribution in [0.4, 0.5) is 0 Å². The lowest BCUT2D eigenvalue weighted by Gasteiger charge is -2.15. The predicted octanol–water partition coefficient (Wildman–Crippen LogP) is 2.05. The average molecular weight is 214 g/mol. The van der Waals surface area contributed by atoms with Crippen molar-refractivity contribution >= 4 is 11.3 Å². The van der Waals surface area contributed by atoms with Gasteiger partial charge in [-0.2, -0.15) is 0 Å². The van der Waals surface area contributed by atoms with Crippen LogP contribution in [0.2, 0.25) is 0 Å². The quantitative estimate of drug-likeness (QED) is 0.754. The molecule has 0 amide bonds. The fourth-order valence-electron chi connectivity index (χ4n) is 1.37. The summed E-state index contributed by atoms with van der Waals surface area (Å²) in [5, 5.41) is 6.59. The van der Waals surface area contributed by atoms with E-state index in [0.29, 0.717) is 6.04 Å². The second-order valence-electron chi connectivity index (χ2n) is 3.25. The minimum atomic E-state index is 0.453. The second-order valence-corrected chi connectivity index (χ2v) is 4.23. The molecule has 1 aromatic heterocycles. The third-order valence-corrected chi connectivity index (χ3v) is 2.81. The van der Waals surface area contributed by atoms with Gasteiger partial charge in [-0.05, 0) is 6.42 Å². The Morgan fingerprint density at radius 3 is 3.07 bits per heavy atom. The Morgan fingerprint density at radius 2 is 2.50 bits per heavy atom. The number of thiazole rings is 1. The number of nitrogens with zero attached hydrogens (tertiary/aromatic N) is 1. The van der Waals surface area contributed by atoms with Crippen LogP contribution in [-0.4, -0.2) is 24.7 Å². The Hall–Kier alpha value is -0.450. The zero-order valence-electron chi connectivity index (χ0n) is 8.82. The highest BCUT2D eigenvalue weighted by molar-refractivity contribution is 7.09. The Kier molecular flexibility index (Phi) is 5.75. The molecule has 0 aliphatic heterocycles. The number of methoxy groups -OCH3 is 1. The van der Waals surface area contributed by atoms with Gasteiger partial charge in [0.1, 0.15) is 5.01 Å². The van der Waals surface area contributed by atoms with Gasteiger partial charge in [0.15, 0.2) is 0 Å².